The van der Waals surface area contributed by atoms with Crippen molar-refractivity contribution >= 4 is 40.0 Å². The number of cyclic esters (lactones) is 1. The highest BCUT2D eigenvalue weighted by molar-refractivity contribution is 6.31. The third-order valence-corrected chi connectivity index (χ3v) is 8.45. The van der Waals surface area contributed by atoms with Crippen LogP contribution >= 0.6 is 11.6 Å². The van der Waals surface area contributed by atoms with Gasteiger partial charge in [0.2, 0.25) is 0 Å². The van der Waals surface area contributed by atoms with Gasteiger partial charge in [-0.25, -0.2) is 14.4 Å². The average Bonchev–Trinajstić information content (AvgIpc) is 3.81. The van der Waals surface area contributed by atoms with Crippen molar-refractivity contribution in [1.29, 1.82) is 0 Å². The molecule has 1 atom stereocenters. The second-order valence-electron chi connectivity index (χ2n) is 11.6. The van der Waals surface area contributed by atoms with E-state index in [0.717, 1.165) is 56.3 Å². The SMILES string of the molecule is CC1CN(C2CCN(CCCOc3cc4c(Nc5ccc(F)c(Cl)c5)ncnc4cc3OCC3CC3)CC2)CC(=O)O1. The molecule has 1 N–H and O–H groups in total. The molecule has 3 fully saturated rings. The number of carbonyl (C=O) groups is 1. The Balaban J connectivity index is 1.08. The van der Waals surface area contributed by atoms with Gasteiger partial charge in [0.25, 0.3) is 0 Å². The van der Waals surface area contributed by atoms with Crippen LogP contribution in [0.3, 0.4) is 0 Å². The molecule has 3 aromatic rings. The van der Waals surface area contributed by atoms with Gasteiger partial charge in [-0.05, 0) is 82.3 Å². The Bertz CT molecular complexity index is 1420. The summed E-state index contributed by atoms with van der Waals surface area (Å²) in [5.41, 5.74) is 1.34. The van der Waals surface area contributed by atoms with Crippen molar-refractivity contribution in [1.82, 2.24) is 19.8 Å². The van der Waals surface area contributed by atoms with Gasteiger partial charge in [0, 0.05) is 36.3 Å². The molecule has 1 aromatic heterocycles. The topological polar surface area (TPSA) is 89.0 Å². The fraction of sp³-hybridized carbons (Fsp3) is 0.516. The molecule has 224 valence electrons. The number of carbonyl (C=O) groups excluding carboxylic acids is 1. The van der Waals surface area contributed by atoms with Gasteiger partial charge in [0.1, 0.15) is 24.1 Å². The van der Waals surface area contributed by atoms with Gasteiger partial charge < -0.3 is 24.4 Å². The summed E-state index contributed by atoms with van der Waals surface area (Å²) in [7, 11) is 0. The number of benzene rings is 2. The molecule has 2 aliphatic heterocycles. The van der Waals surface area contributed by atoms with Gasteiger partial charge in [-0.3, -0.25) is 9.69 Å². The third-order valence-electron chi connectivity index (χ3n) is 8.16. The number of hydrogen-bond acceptors (Lipinski definition) is 9. The van der Waals surface area contributed by atoms with Crippen molar-refractivity contribution in [2.24, 2.45) is 5.92 Å². The van der Waals surface area contributed by atoms with Crippen LogP contribution in [0.2, 0.25) is 5.02 Å². The predicted molar refractivity (Wildman–Crippen MR) is 159 cm³/mol. The summed E-state index contributed by atoms with van der Waals surface area (Å²) >= 11 is 5.98. The number of esters is 1. The molecule has 11 heteroatoms. The summed E-state index contributed by atoms with van der Waals surface area (Å²) < 4.78 is 31.4. The van der Waals surface area contributed by atoms with Gasteiger partial charge in [0.15, 0.2) is 11.5 Å². The lowest BCUT2D eigenvalue weighted by atomic mass is 10.0. The molecule has 1 aliphatic carbocycles. The first-order chi connectivity index (χ1) is 20.4. The summed E-state index contributed by atoms with van der Waals surface area (Å²) in [5.74, 6) is 1.91. The third kappa shape index (κ3) is 7.22. The van der Waals surface area contributed by atoms with E-state index in [1.807, 2.05) is 19.1 Å². The Hall–Kier alpha value is -3.21. The van der Waals surface area contributed by atoms with Crippen molar-refractivity contribution in [3.63, 3.8) is 0 Å². The number of rotatable bonds is 11. The number of piperidine rings is 1. The number of morpholine rings is 1. The number of halogens is 2. The molecule has 9 nitrogen and oxygen atoms in total. The number of hydrogen-bond donors (Lipinski definition) is 1. The van der Waals surface area contributed by atoms with Crippen LogP contribution in [0.25, 0.3) is 10.9 Å². The van der Waals surface area contributed by atoms with Gasteiger partial charge in [-0.1, -0.05) is 11.6 Å². The number of nitrogens with zero attached hydrogens (tertiary/aromatic N) is 4. The van der Waals surface area contributed by atoms with E-state index in [1.165, 1.54) is 31.3 Å². The van der Waals surface area contributed by atoms with E-state index in [0.29, 0.717) is 54.7 Å². The number of likely N-dealkylation sites (tertiary alicyclic amines) is 1. The van der Waals surface area contributed by atoms with Gasteiger partial charge >= 0.3 is 5.97 Å². The van der Waals surface area contributed by atoms with E-state index in [4.69, 9.17) is 25.8 Å². The van der Waals surface area contributed by atoms with E-state index in [9.17, 15) is 9.18 Å². The molecule has 0 radical (unpaired) electrons. The van der Waals surface area contributed by atoms with Gasteiger partial charge in [-0.15, -0.1) is 0 Å². The van der Waals surface area contributed by atoms with Crippen LogP contribution in [0.15, 0.2) is 36.7 Å². The molecule has 2 saturated heterocycles. The van der Waals surface area contributed by atoms with E-state index in [-0.39, 0.29) is 17.1 Å². The molecule has 2 aromatic carbocycles. The Morgan fingerprint density at radius 1 is 1.10 bits per heavy atom. The average molecular weight is 598 g/mol. The van der Waals surface area contributed by atoms with E-state index in [1.54, 1.807) is 6.07 Å². The maximum absolute atomic E-state index is 13.7. The minimum absolute atomic E-state index is 0.0329. The molecular formula is C31H37ClFN5O4. The Morgan fingerprint density at radius 2 is 1.90 bits per heavy atom. The predicted octanol–water partition coefficient (Wildman–Crippen LogP) is 5.44. The van der Waals surface area contributed by atoms with Crippen molar-refractivity contribution in [2.75, 3.05) is 51.3 Å². The van der Waals surface area contributed by atoms with E-state index >= 15 is 0 Å². The lowest BCUT2D eigenvalue weighted by Gasteiger charge is -2.41. The first kappa shape index (κ1) is 28.9. The fourth-order valence-electron chi connectivity index (χ4n) is 5.71. The van der Waals surface area contributed by atoms with Crippen LogP contribution in [-0.2, 0) is 9.53 Å². The summed E-state index contributed by atoms with van der Waals surface area (Å²) in [6, 6.07) is 8.72. The lowest BCUT2D eigenvalue weighted by molar-refractivity contribution is -0.159. The zero-order valence-electron chi connectivity index (χ0n) is 23.9. The summed E-state index contributed by atoms with van der Waals surface area (Å²) in [4.78, 5) is 25.5. The monoisotopic (exact) mass is 597 g/mol. The number of nitrogens with one attached hydrogen (secondary N) is 1. The molecule has 1 unspecified atom stereocenters. The first-order valence-electron chi connectivity index (χ1n) is 14.8. The highest BCUT2D eigenvalue weighted by Crippen LogP contribution is 2.37. The zero-order chi connectivity index (χ0) is 29.1. The maximum atomic E-state index is 13.7. The second-order valence-corrected chi connectivity index (χ2v) is 12.0. The van der Waals surface area contributed by atoms with Crippen LogP contribution in [0.4, 0.5) is 15.9 Å². The normalized spacial score (nSPS) is 20.5. The highest BCUT2D eigenvalue weighted by Gasteiger charge is 2.31. The molecule has 0 spiro atoms. The summed E-state index contributed by atoms with van der Waals surface area (Å²) in [6.07, 6.45) is 6.83. The minimum atomic E-state index is -0.476. The quantitative estimate of drug-likeness (QED) is 0.229. The van der Waals surface area contributed by atoms with Crippen LogP contribution in [0.5, 0.6) is 11.5 Å². The zero-order valence-corrected chi connectivity index (χ0v) is 24.6. The van der Waals surface area contributed by atoms with E-state index in [2.05, 4.69) is 25.1 Å². The standard InChI is InChI=1S/C31H37ClFN5O4/c1-20-16-38(17-30(39)42-20)23-7-10-37(11-8-23)9-2-12-40-28-14-24-27(15-29(28)41-18-21-3-4-21)34-19-35-31(24)36-22-5-6-26(33)25(32)13-22/h5-6,13-15,19-21,23H,2-4,7-12,16-18H2,1H3,(H,34,35,36). The van der Waals surface area contributed by atoms with Crippen molar-refractivity contribution in [3.05, 3.63) is 47.5 Å². The Kier molecular flexibility index (Phi) is 8.92. The molecular weight excluding hydrogens is 561 g/mol. The van der Waals surface area contributed by atoms with Crippen molar-refractivity contribution in [2.45, 2.75) is 51.2 Å². The molecule has 6 rings (SSSR count). The largest absolute Gasteiger partial charge is 0.490 e. The Morgan fingerprint density at radius 3 is 2.67 bits per heavy atom. The second kappa shape index (κ2) is 13.0. The number of fused-ring (bicyclic) bond motifs is 1. The summed E-state index contributed by atoms with van der Waals surface area (Å²) in [6.45, 7) is 7.35. The number of ether oxygens (including phenoxy) is 3. The number of aromatic nitrogens is 2. The molecule has 0 bridgehead atoms. The van der Waals surface area contributed by atoms with Gasteiger partial charge in [-0.2, -0.15) is 0 Å². The van der Waals surface area contributed by atoms with Crippen LogP contribution in [-0.4, -0.2) is 83.8 Å². The van der Waals surface area contributed by atoms with Crippen molar-refractivity contribution in [3.8, 4) is 11.5 Å². The molecule has 1 saturated carbocycles. The minimum Gasteiger partial charge on any atom is -0.490 e. The fourth-order valence-corrected chi connectivity index (χ4v) is 5.89. The summed E-state index contributed by atoms with van der Waals surface area (Å²) in [5, 5.41) is 4.03. The van der Waals surface area contributed by atoms with E-state index < -0.39 is 5.82 Å². The maximum Gasteiger partial charge on any atom is 0.320 e. The highest BCUT2D eigenvalue weighted by atomic mass is 35.5. The molecule has 3 heterocycles. The van der Waals surface area contributed by atoms with Crippen molar-refractivity contribution < 1.29 is 23.4 Å². The first-order valence-corrected chi connectivity index (χ1v) is 15.2. The number of anilines is 2. The van der Waals surface area contributed by atoms with Crippen LogP contribution in [0.1, 0.15) is 39.0 Å². The Labute approximate surface area is 250 Å². The van der Waals surface area contributed by atoms with Crippen LogP contribution in [0, 0.1) is 11.7 Å². The lowest BCUT2D eigenvalue weighted by Crippen LogP contribution is -2.52. The van der Waals surface area contributed by atoms with Gasteiger partial charge in [0.05, 0.1) is 30.3 Å². The molecule has 0 amide bonds. The molecule has 3 aliphatic rings. The van der Waals surface area contributed by atoms with Crippen LogP contribution < -0.4 is 14.8 Å². The molecule has 42 heavy (non-hydrogen) atoms. The smallest absolute Gasteiger partial charge is 0.320 e.